The molecule has 0 unspecified atom stereocenters. The largest absolute Gasteiger partial charge is 0.384 e. The van der Waals surface area contributed by atoms with Crippen molar-refractivity contribution in [2.45, 2.75) is 60.0 Å². The van der Waals surface area contributed by atoms with Crippen molar-refractivity contribution in [3.8, 4) is 0 Å². The molecular formula is C16H29N3. The minimum absolute atomic E-state index is 0.494. The third-order valence-electron chi connectivity index (χ3n) is 3.56. The van der Waals surface area contributed by atoms with Crippen LogP contribution >= 0.6 is 0 Å². The Kier molecular flexibility index (Phi) is 6.85. The van der Waals surface area contributed by atoms with Crippen LogP contribution in [0.25, 0.3) is 0 Å². The van der Waals surface area contributed by atoms with Gasteiger partial charge in [-0.25, -0.2) is 0 Å². The number of nitrogens with one attached hydrogen (secondary N) is 2. The summed E-state index contributed by atoms with van der Waals surface area (Å²) in [4.78, 5) is 4.41. The Balaban J connectivity index is 2.70. The average molecular weight is 263 g/mol. The van der Waals surface area contributed by atoms with E-state index in [1.54, 1.807) is 0 Å². The fraction of sp³-hybridized carbons (Fsp3) is 0.688. The molecule has 108 valence electrons. The maximum atomic E-state index is 4.41. The summed E-state index contributed by atoms with van der Waals surface area (Å²) in [5.41, 5.74) is 3.55. The molecular weight excluding hydrogens is 234 g/mol. The summed E-state index contributed by atoms with van der Waals surface area (Å²) in [6, 6.07) is 2.65. The Bertz CT molecular complexity index is 370. The van der Waals surface area contributed by atoms with Crippen molar-refractivity contribution in [1.29, 1.82) is 0 Å². The molecule has 0 atom stereocenters. The molecule has 1 aromatic heterocycles. The van der Waals surface area contributed by atoms with Crippen LogP contribution in [0, 0.1) is 12.8 Å². The number of hydrogen-bond donors (Lipinski definition) is 2. The van der Waals surface area contributed by atoms with Gasteiger partial charge in [-0.2, -0.15) is 0 Å². The molecule has 0 spiro atoms. The number of rotatable bonds is 8. The monoisotopic (exact) mass is 263 g/mol. The van der Waals surface area contributed by atoms with E-state index >= 15 is 0 Å². The lowest BCUT2D eigenvalue weighted by atomic mass is 10.0. The molecule has 0 saturated carbocycles. The van der Waals surface area contributed by atoms with Gasteiger partial charge in [0.15, 0.2) is 0 Å². The van der Waals surface area contributed by atoms with E-state index in [0.717, 1.165) is 24.7 Å². The molecule has 3 heteroatoms. The van der Waals surface area contributed by atoms with Gasteiger partial charge in [-0.05, 0) is 18.9 Å². The number of hydrogen-bond acceptors (Lipinski definition) is 3. The lowest BCUT2D eigenvalue weighted by Gasteiger charge is -2.18. The van der Waals surface area contributed by atoms with Crippen LogP contribution in [-0.4, -0.2) is 17.6 Å². The van der Waals surface area contributed by atoms with E-state index in [4.69, 9.17) is 0 Å². The van der Waals surface area contributed by atoms with E-state index in [0.29, 0.717) is 6.04 Å². The van der Waals surface area contributed by atoms with Crippen molar-refractivity contribution >= 4 is 5.69 Å². The third kappa shape index (κ3) is 5.60. The van der Waals surface area contributed by atoms with Crippen LogP contribution in [0.5, 0.6) is 0 Å². The Morgan fingerprint density at radius 3 is 2.47 bits per heavy atom. The molecule has 1 aromatic rings. The zero-order valence-corrected chi connectivity index (χ0v) is 13.1. The van der Waals surface area contributed by atoms with Crippen molar-refractivity contribution in [3.63, 3.8) is 0 Å². The van der Waals surface area contributed by atoms with Gasteiger partial charge in [0.2, 0.25) is 0 Å². The number of anilines is 1. The van der Waals surface area contributed by atoms with Gasteiger partial charge in [-0.3, -0.25) is 4.98 Å². The first-order chi connectivity index (χ1) is 9.06. The summed E-state index contributed by atoms with van der Waals surface area (Å²) >= 11 is 0. The highest BCUT2D eigenvalue weighted by molar-refractivity contribution is 5.51. The van der Waals surface area contributed by atoms with Crippen molar-refractivity contribution in [3.05, 3.63) is 23.5 Å². The topological polar surface area (TPSA) is 37.0 Å². The number of pyridine rings is 1. The molecule has 0 aromatic carbocycles. The first kappa shape index (κ1) is 16.0. The Morgan fingerprint density at radius 1 is 1.21 bits per heavy atom. The van der Waals surface area contributed by atoms with Crippen molar-refractivity contribution in [2.75, 3.05) is 11.9 Å². The van der Waals surface area contributed by atoms with E-state index in [2.05, 4.69) is 49.4 Å². The van der Waals surface area contributed by atoms with Crippen LogP contribution in [0.4, 0.5) is 5.69 Å². The second kappa shape index (κ2) is 8.16. The quantitative estimate of drug-likeness (QED) is 0.750. The van der Waals surface area contributed by atoms with E-state index < -0.39 is 0 Å². The predicted molar refractivity (Wildman–Crippen MR) is 83.5 cm³/mol. The van der Waals surface area contributed by atoms with E-state index in [-0.39, 0.29) is 0 Å². The first-order valence-electron chi connectivity index (χ1n) is 7.49. The standard InChI is InChI=1S/C16H29N3/c1-6-14(7-2)9-19-16-8-13(5)18-11-15(16)10-17-12(3)4/h8,11-12,14,17H,6-7,9-10H2,1-5H3,(H,18,19). The molecule has 0 saturated heterocycles. The second-order valence-electron chi connectivity index (χ2n) is 5.58. The second-order valence-corrected chi connectivity index (χ2v) is 5.58. The van der Waals surface area contributed by atoms with Gasteiger partial charge in [-0.1, -0.05) is 40.5 Å². The van der Waals surface area contributed by atoms with Crippen LogP contribution in [0.2, 0.25) is 0 Å². The maximum Gasteiger partial charge on any atom is 0.0419 e. The van der Waals surface area contributed by atoms with E-state index in [1.165, 1.54) is 24.1 Å². The summed E-state index contributed by atoms with van der Waals surface area (Å²) in [7, 11) is 0. The molecule has 1 heterocycles. The molecule has 0 radical (unpaired) electrons. The fourth-order valence-corrected chi connectivity index (χ4v) is 2.04. The van der Waals surface area contributed by atoms with Gasteiger partial charge in [0.05, 0.1) is 0 Å². The highest BCUT2D eigenvalue weighted by atomic mass is 14.9. The smallest absolute Gasteiger partial charge is 0.0419 e. The average Bonchev–Trinajstić information content (AvgIpc) is 2.38. The maximum absolute atomic E-state index is 4.41. The highest BCUT2D eigenvalue weighted by Crippen LogP contribution is 2.17. The van der Waals surface area contributed by atoms with Gasteiger partial charge in [0.1, 0.15) is 0 Å². The highest BCUT2D eigenvalue weighted by Gasteiger charge is 2.07. The summed E-state index contributed by atoms with van der Waals surface area (Å²) in [5.74, 6) is 0.749. The van der Waals surface area contributed by atoms with Crippen molar-refractivity contribution in [1.82, 2.24) is 10.3 Å². The minimum atomic E-state index is 0.494. The van der Waals surface area contributed by atoms with Crippen molar-refractivity contribution < 1.29 is 0 Å². The number of aryl methyl sites for hydroxylation is 1. The molecule has 0 aliphatic carbocycles. The van der Waals surface area contributed by atoms with E-state index in [9.17, 15) is 0 Å². The summed E-state index contributed by atoms with van der Waals surface area (Å²) in [6.07, 6.45) is 4.44. The van der Waals surface area contributed by atoms with Crippen LogP contribution in [-0.2, 0) is 6.54 Å². The molecule has 19 heavy (non-hydrogen) atoms. The van der Waals surface area contributed by atoms with Gasteiger partial charge in [0.25, 0.3) is 0 Å². The van der Waals surface area contributed by atoms with Gasteiger partial charge in [0, 0.05) is 42.3 Å². The molecule has 0 aliphatic rings. The number of nitrogens with zero attached hydrogens (tertiary/aromatic N) is 1. The van der Waals surface area contributed by atoms with Crippen LogP contribution < -0.4 is 10.6 Å². The Morgan fingerprint density at radius 2 is 1.89 bits per heavy atom. The number of aromatic nitrogens is 1. The third-order valence-corrected chi connectivity index (χ3v) is 3.56. The molecule has 2 N–H and O–H groups in total. The molecule has 0 amide bonds. The fourth-order valence-electron chi connectivity index (χ4n) is 2.04. The predicted octanol–water partition coefficient (Wildman–Crippen LogP) is 3.74. The first-order valence-corrected chi connectivity index (χ1v) is 7.49. The molecule has 0 bridgehead atoms. The normalized spacial score (nSPS) is 11.3. The molecule has 0 fully saturated rings. The van der Waals surface area contributed by atoms with Crippen LogP contribution in [0.1, 0.15) is 51.8 Å². The van der Waals surface area contributed by atoms with Crippen molar-refractivity contribution in [2.24, 2.45) is 5.92 Å². The van der Waals surface area contributed by atoms with Gasteiger partial charge < -0.3 is 10.6 Å². The zero-order valence-electron chi connectivity index (χ0n) is 13.1. The summed E-state index contributed by atoms with van der Waals surface area (Å²) in [6.45, 7) is 12.8. The SMILES string of the molecule is CCC(CC)CNc1cc(C)ncc1CNC(C)C. The van der Waals surface area contributed by atoms with E-state index in [1.807, 2.05) is 13.1 Å². The molecule has 0 aliphatic heterocycles. The van der Waals surface area contributed by atoms with Crippen LogP contribution in [0.3, 0.4) is 0 Å². The lowest BCUT2D eigenvalue weighted by molar-refractivity contribution is 0.518. The van der Waals surface area contributed by atoms with Gasteiger partial charge in [-0.15, -0.1) is 0 Å². The summed E-state index contributed by atoms with van der Waals surface area (Å²) < 4.78 is 0. The van der Waals surface area contributed by atoms with Gasteiger partial charge >= 0.3 is 0 Å². The molecule has 3 nitrogen and oxygen atoms in total. The molecule has 1 rings (SSSR count). The van der Waals surface area contributed by atoms with Crippen LogP contribution in [0.15, 0.2) is 12.3 Å². The Hall–Kier alpha value is -1.09. The lowest BCUT2D eigenvalue weighted by Crippen LogP contribution is -2.23. The Labute approximate surface area is 118 Å². The zero-order chi connectivity index (χ0) is 14.3. The summed E-state index contributed by atoms with van der Waals surface area (Å²) in [5, 5.41) is 7.06. The minimum Gasteiger partial charge on any atom is -0.384 e.